The molecule has 0 aliphatic carbocycles. The van der Waals surface area contributed by atoms with Gasteiger partial charge in [-0.1, -0.05) is 18.2 Å². The lowest BCUT2D eigenvalue weighted by molar-refractivity contribution is -0.137. The van der Waals surface area contributed by atoms with E-state index in [1.807, 2.05) is 0 Å². The maximum Gasteiger partial charge on any atom is 0.416 e. The zero-order chi connectivity index (χ0) is 21.5. The number of likely N-dealkylation sites (tertiary alicyclic amines) is 1. The molecule has 1 fully saturated rings. The van der Waals surface area contributed by atoms with Gasteiger partial charge in [0.15, 0.2) is 0 Å². The van der Waals surface area contributed by atoms with E-state index in [2.05, 4.69) is 5.32 Å². The van der Waals surface area contributed by atoms with Crippen LogP contribution in [0.15, 0.2) is 48.5 Å². The molecule has 2 aromatic rings. The Bertz CT molecular complexity index is 1040. The van der Waals surface area contributed by atoms with Gasteiger partial charge in [0.05, 0.1) is 11.0 Å². The Labute approximate surface area is 170 Å². The summed E-state index contributed by atoms with van der Waals surface area (Å²) in [4.78, 5) is 26.6. The van der Waals surface area contributed by atoms with Crippen LogP contribution in [0.25, 0.3) is 6.08 Å². The number of alkyl halides is 3. The normalized spacial score (nSPS) is 18.0. The van der Waals surface area contributed by atoms with Crippen molar-refractivity contribution in [2.24, 2.45) is 0 Å². The highest BCUT2D eigenvalue weighted by Crippen LogP contribution is 2.45. The van der Waals surface area contributed by atoms with E-state index in [1.54, 1.807) is 0 Å². The number of hydrogen-bond donors (Lipinski definition) is 1. The van der Waals surface area contributed by atoms with Gasteiger partial charge < -0.3 is 10.2 Å². The number of anilines is 1. The van der Waals surface area contributed by atoms with Crippen LogP contribution in [0, 0.1) is 5.82 Å². The molecule has 0 saturated carbocycles. The fourth-order valence-electron chi connectivity index (χ4n) is 4.16. The topological polar surface area (TPSA) is 49.4 Å². The first kappa shape index (κ1) is 20.1. The van der Waals surface area contributed by atoms with Gasteiger partial charge in [-0.15, -0.1) is 0 Å². The first-order valence-electron chi connectivity index (χ1n) is 9.45. The number of amides is 2. The summed E-state index contributed by atoms with van der Waals surface area (Å²) in [5.74, 6) is -1.08. The molecule has 8 heteroatoms. The number of halogens is 4. The van der Waals surface area contributed by atoms with Crippen molar-refractivity contribution in [1.82, 2.24) is 4.90 Å². The van der Waals surface area contributed by atoms with Crippen LogP contribution in [0.3, 0.4) is 0 Å². The van der Waals surface area contributed by atoms with E-state index >= 15 is 0 Å². The molecule has 1 N–H and O–H groups in total. The predicted molar refractivity (Wildman–Crippen MR) is 103 cm³/mol. The maximum atomic E-state index is 13.7. The summed E-state index contributed by atoms with van der Waals surface area (Å²) in [7, 11) is 0. The summed E-state index contributed by atoms with van der Waals surface area (Å²) in [6, 6.07) is 9.17. The van der Waals surface area contributed by atoms with Gasteiger partial charge in [0, 0.05) is 24.9 Å². The Hall–Kier alpha value is -3.16. The summed E-state index contributed by atoms with van der Waals surface area (Å²) in [6.07, 6.45) is -1.62. The van der Waals surface area contributed by atoms with Crippen LogP contribution in [0.4, 0.5) is 23.2 Å². The molecule has 0 unspecified atom stereocenters. The first-order chi connectivity index (χ1) is 14.2. The van der Waals surface area contributed by atoms with Gasteiger partial charge in [-0.3, -0.25) is 9.59 Å². The van der Waals surface area contributed by atoms with Crippen molar-refractivity contribution in [1.29, 1.82) is 0 Å². The van der Waals surface area contributed by atoms with Crippen molar-refractivity contribution in [2.75, 3.05) is 18.4 Å². The summed E-state index contributed by atoms with van der Waals surface area (Å²) < 4.78 is 53.0. The third kappa shape index (κ3) is 3.46. The molecule has 30 heavy (non-hydrogen) atoms. The second-order valence-electron chi connectivity index (χ2n) is 7.47. The van der Waals surface area contributed by atoms with Crippen molar-refractivity contribution < 1.29 is 27.2 Å². The average Bonchev–Trinajstić information content (AvgIpc) is 2.97. The molecular formula is C22H18F4N2O2. The standard InChI is InChI=1S/C22H18F4N2O2/c23-15-6-7-18-17(13-15)21(20(30)27-18)9-11-28(12-10-21)19(29)8-5-14-3-1-2-4-16(14)22(24,25)26/h1-8,13H,9-12H2,(H,27,30)/b8-5+. The van der Waals surface area contributed by atoms with E-state index in [-0.39, 0.29) is 24.6 Å². The molecule has 0 atom stereocenters. The van der Waals surface area contributed by atoms with Crippen molar-refractivity contribution in [3.8, 4) is 0 Å². The quantitative estimate of drug-likeness (QED) is 0.582. The van der Waals surface area contributed by atoms with Crippen LogP contribution in [-0.2, 0) is 21.2 Å². The van der Waals surface area contributed by atoms with Gasteiger partial charge in [-0.05, 0) is 54.3 Å². The highest BCUT2D eigenvalue weighted by molar-refractivity contribution is 6.06. The Morgan fingerprint density at radius 2 is 1.80 bits per heavy atom. The van der Waals surface area contributed by atoms with Crippen LogP contribution < -0.4 is 5.32 Å². The predicted octanol–water partition coefficient (Wildman–Crippen LogP) is 4.37. The van der Waals surface area contributed by atoms with Crippen LogP contribution in [0.5, 0.6) is 0 Å². The molecule has 0 bridgehead atoms. The number of piperidine rings is 1. The van der Waals surface area contributed by atoms with E-state index in [4.69, 9.17) is 0 Å². The molecule has 156 valence electrons. The van der Waals surface area contributed by atoms with Crippen LogP contribution in [0.1, 0.15) is 29.5 Å². The lowest BCUT2D eigenvalue weighted by Gasteiger charge is -2.37. The highest BCUT2D eigenvalue weighted by Gasteiger charge is 2.49. The van der Waals surface area contributed by atoms with Gasteiger partial charge in [0.2, 0.25) is 11.8 Å². The summed E-state index contributed by atoms with van der Waals surface area (Å²) >= 11 is 0. The van der Waals surface area contributed by atoms with E-state index in [0.29, 0.717) is 24.1 Å². The van der Waals surface area contributed by atoms with E-state index in [9.17, 15) is 27.2 Å². The second-order valence-corrected chi connectivity index (χ2v) is 7.47. The lowest BCUT2D eigenvalue weighted by Crippen LogP contribution is -2.48. The second kappa shape index (κ2) is 7.27. The number of benzene rings is 2. The molecule has 4 nitrogen and oxygen atoms in total. The van der Waals surface area contributed by atoms with Crippen LogP contribution in [-0.4, -0.2) is 29.8 Å². The van der Waals surface area contributed by atoms with Crippen molar-refractivity contribution in [3.05, 3.63) is 71.0 Å². The van der Waals surface area contributed by atoms with Gasteiger partial charge in [0.25, 0.3) is 0 Å². The lowest BCUT2D eigenvalue weighted by atomic mass is 9.73. The van der Waals surface area contributed by atoms with Gasteiger partial charge in [-0.25, -0.2) is 4.39 Å². The molecular weight excluding hydrogens is 400 g/mol. The average molecular weight is 418 g/mol. The molecule has 2 aliphatic rings. The number of rotatable bonds is 2. The fraction of sp³-hybridized carbons (Fsp3) is 0.273. The molecule has 2 amide bonds. The zero-order valence-electron chi connectivity index (χ0n) is 15.8. The SMILES string of the molecule is O=C(/C=C/c1ccccc1C(F)(F)F)N1CCC2(CC1)C(=O)Nc1ccc(F)cc12. The number of hydrogen-bond acceptors (Lipinski definition) is 2. The van der Waals surface area contributed by atoms with E-state index in [1.165, 1.54) is 41.3 Å². The molecule has 0 aromatic heterocycles. The van der Waals surface area contributed by atoms with Crippen LogP contribution in [0.2, 0.25) is 0 Å². The van der Waals surface area contributed by atoms with Gasteiger partial charge >= 0.3 is 6.18 Å². The highest BCUT2D eigenvalue weighted by atomic mass is 19.4. The Morgan fingerprint density at radius 3 is 2.50 bits per heavy atom. The zero-order valence-corrected chi connectivity index (χ0v) is 15.8. The minimum atomic E-state index is -4.51. The molecule has 1 saturated heterocycles. The Kier molecular flexibility index (Phi) is 4.88. The third-order valence-electron chi connectivity index (χ3n) is 5.78. The smallest absolute Gasteiger partial charge is 0.339 e. The van der Waals surface area contributed by atoms with E-state index < -0.39 is 28.9 Å². The van der Waals surface area contributed by atoms with Crippen molar-refractivity contribution >= 4 is 23.6 Å². The summed E-state index contributed by atoms with van der Waals surface area (Å²) in [5, 5.41) is 2.77. The van der Waals surface area contributed by atoms with Gasteiger partial charge in [-0.2, -0.15) is 13.2 Å². The largest absolute Gasteiger partial charge is 0.416 e. The summed E-state index contributed by atoms with van der Waals surface area (Å²) in [5.41, 5.74) is -0.626. The third-order valence-corrected chi connectivity index (χ3v) is 5.78. The monoisotopic (exact) mass is 418 g/mol. The number of carbonyl (C=O) groups excluding carboxylic acids is 2. The molecule has 2 aliphatic heterocycles. The minimum Gasteiger partial charge on any atom is -0.339 e. The minimum absolute atomic E-state index is 0.0913. The molecule has 2 heterocycles. The number of fused-ring (bicyclic) bond motifs is 2. The first-order valence-corrected chi connectivity index (χ1v) is 9.45. The molecule has 2 aromatic carbocycles. The molecule has 1 spiro atoms. The molecule has 0 radical (unpaired) electrons. The van der Waals surface area contributed by atoms with Crippen LogP contribution >= 0.6 is 0 Å². The number of carbonyl (C=O) groups is 2. The summed E-state index contributed by atoms with van der Waals surface area (Å²) in [6.45, 7) is 0.487. The van der Waals surface area contributed by atoms with E-state index in [0.717, 1.165) is 18.2 Å². The number of nitrogens with one attached hydrogen (secondary N) is 1. The fourth-order valence-corrected chi connectivity index (χ4v) is 4.16. The Balaban J connectivity index is 1.48. The molecule has 4 rings (SSSR count). The van der Waals surface area contributed by atoms with Crippen molar-refractivity contribution in [3.63, 3.8) is 0 Å². The Morgan fingerprint density at radius 1 is 1.10 bits per heavy atom. The number of nitrogens with zero attached hydrogens (tertiary/aromatic N) is 1. The maximum absolute atomic E-state index is 13.7. The van der Waals surface area contributed by atoms with Gasteiger partial charge in [0.1, 0.15) is 5.82 Å². The van der Waals surface area contributed by atoms with Crippen molar-refractivity contribution in [2.45, 2.75) is 24.4 Å².